The molecule has 2 nitrogen and oxygen atoms in total. The van der Waals surface area contributed by atoms with E-state index in [9.17, 15) is 4.79 Å². The van der Waals surface area contributed by atoms with E-state index in [0.717, 1.165) is 18.8 Å². The van der Waals surface area contributed by atoms with Gasteiger partial charge in [0.05, 0.1) is 6.61 Å². The Balaban J connectivity index is 3.17. The minimum absolute atomic E-state index is 0.0200. The summed E-state index contributed by atoms with van der Waals surface area (Å²) in [6.45, 7) is 7.55. The van der Waals surface area contributed by atoms with Crippen molar-refractivity contribution in [3.8, 4) is 0 Å². The van der Waals surface area contributed by atoms with Crippen LogP contribution in [0.4, 0.5) is 0 Å². The molecule has 2 heteroatoms. The predicted octanol–water partition coefficient (Wildman–Crippen LogP) is 9.79. The molecule has 0 aliphatic heterocycles. The van der Waals surface area contributed by atoms with Gasteiger partial charge in [-0.2, -0.15) is 0 Å². The summed E-state index contributed by atoms with van der Waals surface area (Å²) in [6, 6.07) is 0. The fourth-order valence-corrected chi connectivity index (χ4v) is 4.05. The van der Waals surface area contributed by atoms with Gasteiger partial charge in [-0.05, 0) is 18.8 Å². The van der Waals surface area contributed by atoms with Crippen molar-refractivity contribution >= 4 is 5.97 Å². The highest BCUT2D eigenvalue weighted by atomic mass is 16.5. The average molecular weight is 425 g/mol. The van der Waals surface area contributed by atoms with Gasteiger partial charge in [0.15, 0.2) is 0 Å². The Labute approximate surface area is 190 Å². The van der Waals surface area contributed by atoms with Crippen molar-refractivity contribution in [3.63, 3.8) is 0 Å². The first-order chi connectivity index (χ1) is 14.7. The summed E-state index contributed by atoms with van der Waals surface area (Å²) in [5.74, 6) is 0.914. The van der Waals surface area contributed by atoms with Crippen LogP contribution in [-0.2, 0) is 9.53 Å². The molecule has 0 aromatic carbocycles. The van der Waals surface area contributed by atoms with Crippen LogP contribution in [-0.4, -0.2) is 12.6 Å². The topological polar surface area (TPSA) is 26.3 Å². The van der Waals surface area contributed by atoms with E-state index in [1.807, 2.05) is 0 Å². The van der Waals surface area contributed by atoms with Gasteiger partial charge in [0, 0.05) is 6.42 Å². The summed E-state index contributed by atoms with van der Waals surface area (Å²) in [5, 5.41) is 0. The lowest BCUT2D eigenvalue weighted by molar-refractivity contribution is -0.143. The van der Waals surface area contributed by atoms with Crippen LogP contribution in [0.25, 0.3) is 0 Å². The Morgan fingerprint density at radius 1 is 0.600 bits per heavy atom. The van der Waals surface area contributed by atoms with E-state index in [1.54, 1.807) is 0 Å². The van der Waals surface area contributed by atoms with E-state index in [1.165, 1.54) is 122 Å². The van der Waals surface area contributed by atoms with Crippen molar-refractivity contribution in [3.05, 3.63) is 0 Å². The Morgan fingerprint density at radius 2 is 1.03 bits per heavy atom. The third-order valence-corrected chi connectivity index (χ3v) is 6.54. The quantitative estimate of drug-likeness (QED) is 0.114. The van der Waals surface area contributed by atoms with Crippen LogP contribution in [0.2, 0.25) is 0 Å². The van der Waals surface area contributed by atoms with Gasteiger partial charge < -0.3 is 4.74 Å². The van der Waals surface area contributed by atoms with Crippen LogP contribution >= 0.6 is 0 Å². The third kappa shape index (κ3) is 23.7. The molecule has 0 amide bonds. The molecule has 0 unspecified atom stereocenters. The van der Waals surface area contributed by atoms with Gasteiger partial charge in [-0.15, -0.1) is 0 Å². The summed E-state index contributed by atoms with van der Waals surface area (Å²) in [7, 11) is 0. The van der Waals surface area contributed by atoms with E-state index in [2.05, 4.69) is 20.8 Å². The molecule has 0 aliphatic carbocycles. The lowest BCUT2D eigenvalue weighted by atomic mass is 10.00. The Hall–Kier alpha value is -0.530. The molecule has 0 N–H and O–H groups in total. The zero-order valence-corrected chi connectivity index (χ0v) is 21.2. The first-order valence-electron chi connectivity index (χ1n) is 13.9. The maximum Gasteiger partial charge on any atom is 0.305 e. The molecule has 0 spiro atoms. The zero-order valence-electron chi connectivity index (χ0n) is 21.2. The molecule has 0 aliphatic rings. The second-order valence-corrected chi connectivity index (χ2v) is 9.64. The molecule has 0 fully saturated rings. The fourth-order valence-electron chi connectivity index (χ4n) is 4.05. The van der Waals surface area contributed by atoms with E-state index in [0.29, 0.717) is 13.0 Å². The standard InChI is InChI=1S/C28H56O2/c1-4-6-7-8-9-10-11-12-13-17-20-23-26-30-28(29)25-22-19-16-14-15-18-21-24-27(3)5-2/h27H,4-26H2,1-3H3/t27-/m1/s1. The predicted molar refractivity (Wildman–Crippen MR) is 133 cm³/mol. The van der Waals surface area contributed by atoms with Gasteiger partial charge in [-0.25, -0.2) is 0 Å². The molecule has 30 heavy (non-hydrogen) atoms. The van der Waals surface area contributed by atoms with Crippen LogP contribution in [0.1, 0.15) is 162 Å². The normalized spacial score (nSPS) is 12.2. The van der Waals surface area contributed by atoms with E-state index >= 15 is 0 Å². The van der Waals surface area contributed by atoms with Crippen LogP contribution in [0.5, 0.6) is 0 Å². The number of ether oxygens (including phenoxy) is 1. The van der Waals surface area contributed by atoms with Gasteiger partial charge in [-0.3, -0.25) is 4.79 Å². The molecule has 180 valence electrons. The maximum atomic E-state index is 11.8. The van der Waals surface area contributed by atoms with Crippen molar-refractivity contribution in [2.45, 2.75) is 162 Å². The van der Waals surface area contributed by atoms with Gasteiger partial charge in [0.1, 0.15) is 0 Å². The summed E-state index contributed by atoms with van der Waals surface area (Å²) in [4.78, 5) is 11.8. The smallest absolute Gasteiger partial charge is 0.305 e. The minimum Gasteiger partial charge on any atom is -0.466 e. The lowest BCUT2D eigenvalue weighted by Gasteiger charge is -2.07. The van der Waals surface area contributed by atoms with Crippen LogP contribution < -0.4 is 0 Å². The van der Waals surface area contributed by atoms with E-state index < -0.39 is 0 Å². The maximum absolute atomic E-state index is 11.8. The number of hydrogen-bond acceptors (Lipinski definition) is 2. The first-order valence-corrected chi connectivity index (χ1v) is 13.9. The van der Waals surface area contributed by atoms with Gasteiger partial charge >= 0.3 is 5.97 Å². The molecule has 0 rings (SSSR count). The summed E-state index contributed by atoms with van der Waals surface area (Å²) in [6.07, 6.45) is 28.4. The van der Waals surface area contributed by atoms with Crippen LogP contribution in [0.3, 0.4) is 0 Å². The van der Waals surface area contributed by atoms with Crippen molar-refractivity contribution in [2.24, 2.45) is 5.92 Å². The Morgan fingerprint density at radius 3 is 1.53 bits per heavy atom. The SMILES string of the molecule is CCCCCCCCCCCCCCOC(=O)CCCCCCCCC[C@H](C)CC. The highest BCUT2D eigenvalue weighted by Crippen LogP contribution is 2.15. The number of esters is 1. The van der Waals surface area contributed by atoms with E-state index in [-0.39, 0.29) is 5.97 Å². The average Bonchev–Trinajstić information content (AvgIpc) is 2.75. The summed E-state index contributed by atoms with van der Waals surface area (Å²) >= 11 is 0. The monoisotopic (exact) mass is 424 g/mol. The highest BCUT2D eigenvalue weighted by Gasteiger charge is 2.03. The first kappa shape index (κ1) is 29.5. The lowest BCUT2D eigenvalue weighted by Crippen LogP contribution is -2.05. The number of carbonyl (C=O) groups excluding carboxylic acids is 1. The molecular weight excluding hydrogens is 368 g/mol. The van der Waals surface area contributed by atoms with Crippen LogP contribution in [0.15, 0.2) is 0 Å². The Kier molecular flexibility index (Phi) is 24.3. The molecule has 0 bridgehead atoms. The van der Waals surface area contributed by atoms with Gasteiger partial charge in [0.25, 0.3) is 0 Å². The third-order valence-electron chi connectivity index (χ3n) is 6.54. The molecule has 0 heterocycles. The number of hydrogen-bond donors (Lipinski definition) is 0. The largest absolute Gasteiger partial charge is 0.466 e. The molecule has 0 aromatic heterocycles. The summed E-state index contributed by atoms with van der Waals surface area (Å²) < 4.78 is 5.39. The van der Waals surface area contributed by atoms with E-state index in [4.69, 9.17) is 4.74 Å². The van der Waals surface area contributed by atoms with Crippen molar-refractivity contribution in [2.75, 3.05) is 6.61 Å². The molecule has 0 aromatic rings. The van der Waals surface area contributed by atoms with Crippen molar-refractivity contribution in [1.82, 2.24) is 0 Å². The Bertz CT molecular complexity index is 340. The van der Waals surface area contributed by atoms with Crippen molar-refractivity contribution in [1.29, 1.82) is 0 Å². The number of carbonyl (C=O) groups is 1. The van der Waals surface area contributed by atoms with Crippen LogP contribution in [0, 0.1) is 5.92 Å². The number of rotatable bonds is 24. The van der Waals surface area contributed by atoms with Gasteiger partial charge in [-0.1, -0.05) is 143 Å². The highest BCUT2D eigenvalue weighted by molar-refractivity contribution is 5.69. The minimum atomic E-state index is 0.0200. The fraction of sp³-hybridized carbons (Fsp3) is 0.964. The zero-order chi connectivity index (χ0) is 22.1. The second kappa shape index (κ2) is 24.7. The van der Waals surface area contributed by atoms with Gasteiger partial charge in [0.2, 0.25) is 0 Å². The second-order valence-electron chi connectivity index (χ2n) is 9.64. The molecule has 0 saturated carbocycles. The summed E-state index contributed by atoms with van der Waals surface area (Å²) in [5.41, 5.74) is 0. The number of unbranched alkanes of at least 4 members (excludes halogenated alkanes) is 17. The molecular formula is C28H56O2. The molecule has 1 atom stereocenters. The molecule has 0 saturated heterocycles. The van der Waals surface area contributed by atoms with Crippen molar-refractivity contribution < 1.29 is 9.53 Å². The molecule has 0 radical (unpaired) electrons.